The van der Waals surface area contributed by atoms with Crippen LogP contribution in [0.4, 0.5) is 10.2 Å². The molecule has 1 aliphatic rings. The van der Waals surface area contributed by atoms with E-state index in [0.717, 1.165) is 43.1 Å². The molecule has 1 unspecified atom stereocenters. The number of alkyl halides is 1. The lowest BCUT2D eigenvalue weighted by Gasteiger charge is -2.27. The number of nitrogens with two attached hydrogens (primary N) is 1. The number of aliphatic hydroxyl groups excluding tert-OH is 1. The monoisotopic (exact) mass is 767 g/mol. The molecular formula is C40H55FN5O7P. The number of ether oxygens (including phenoxy) is 1. The molecule has 1 fully saturated rings. The Kier molecular flexibility index (Phi) is 20.2. The fraction of sp³-hybridized carbons (Fsp3) is 0.425. The van der Waals surface area contributed by atoms with Gasteiger partial charge in [-0.3, -0.25) is 13.9 Å². The molecule has 3 rings (SSSR count). The van der Waals surface area contributed by atoms with Crippen molar-refractivity contribution in [2.75, 3.05) is 18.8 Å². The zero-order valence-corrected chi connectivity index (χ0v) is 32.0. The van der Waals surface area contributed by atoms with Crippen molar-refractivity contribution in [1.29, 1.82) is 0 Å². The maximum absolute atomic E-state index is 15.1. The molecule has 12 nitrogen and oxygen atoms in total. The lowest BCUT2D eigenvalue weighted by Crippen LogP contribution is -2.39. The number of amides is 1. The van der Waals surface area contributed by atoms with Crippen molar-refractivity contribution in [3.8, 4) is 5.75 Å². The second kappa shape index (κ2) is 24.8. The molecule has 0 spiro atoms. The van der Waals surface area contributed by atoms with Gasteiger partial charge in [0.15, 0.2) is 12.4 Å². The summed E-state index contributed by atoms with van der Waals surface area (Å²) in [6, 6.07) is 9.57. The van der Waals surface area contributed by atoms with Crippen molar-refractivity contribution in [1.82, 2.24) is 20.0 Å². The number of carbonyl (C=O) groups is 1. The average Bonchev–Trinajstić information content (AvgIpc) is 3.44. The summed E-state index contributed by atoms with van der Waals surface area (Å²) in [5, 5.41) is 16.1. The summed E-state index contributed by atoms with van der Waals surface area (Å²) >= 11 is 0. The summed E-state index contributed by atoms with van der Waals surface area (Å²) in [5.74, 6) is -0.00138. The van der Waals surface area contributed by atoms with E-state index in [1.165, 1.54) is 19.2 Å². The van der Waals surface area contributed by atoms with E-state index < -0.39 is 44.1 Å². The molecule has 1 aromatic heterocycles. The number of aliphatic hydroxyl groups is 1. The van der Waals surface area contributed by atoms with Gasteiger partial charge in [0, 0.05) is 25.7 Å². The van der Waals surface area contributed by atoms with Crippen LogP contribution in [0.3, 0.4) is 0 Å². The molecular weight excluding hydrogens is 712 g/mol. The van der Waals surface area contributed by atoms with E-state index in [4.69, 9.17) is 19.5 Å². The highest BCUT2D eigenvalue weighted by Crippen LogP contribution is 2.47. The Bertz CT molecular complexity index is 1690. The number of carbonyl (C=O) groups excluding carboxylic acids is 1. The first-order valence-corrected chi connectivity index (χ1v) is 19.9. The van der Waals surface area contributed by atoms with Crippen LogP contribution in [-0.4, -0.2) is 58.1 Å². The Balaban J connectivity index is 1.37. The van der Waals surface area contributed by atoms with Gasteiger partial charge in [0.1, 0.15) is 23.8 Å². The summed E-state index contributed by atoms with van der Waals surface area (Å²) in [7, 11) is -4.16. The van der Waals surface area contributed by atoms with Crippen LogP contribution < -0.4 is 26.4 Å². The molecule has 2 aromatic rings. The van der Waals surface area contributed by atoms with Crippen molar-refractivity contribution in [3.63, 3.8) is 0 Å². The Morgan fingerprint density at radius 3 is 2.11 bits per heavy atom. The number of rotatable bonds is 24. The molecule has 1 saturated heterocycles. The van der Waals surface area contributed by atoms with Gasteiger partial charge in [-0.1, -0.05) is 98.0 Å². The molecule has 1 amide bonds. The Labute approximate surface area is 318 Å². The number of hydrogen-bond acceptors (Lipinski definition) is 9. The van der Waals surface area contributed by atoms with E-state index >= 15 is 4.39 Å². The topological polar surface area (TPSA) is 167 Å². The summed E-state index contributed by atoms with van der Waals surface area (Å²) < 4.78 is 47.0. The molecule has 2 heterocycles. The largest absolute Gasteiger partial charge is 0.459 e. The van der Waals surface area contributed by atoms with Crippen LogP contribution in [0, 0.1) is 0 Å². The van der Waals surface area contributed by atoms with Gasteiger partial charge >= 0.3 is 13.4 Å². The first-order valence-electron chi connectivity index (χ1n) is 18.4. The van der Waals surface area contributed by atoms with Crippen LogP contribution in [0.25, 0.3) is 0 Å². The lowest BCUT2D eigenvalue weighted by molar-refractivity contribution is -0.120. The summed E-state index contributed by atoms with van der Waals surface area (Å²) in [4.78, 5) is 28.3. The van der Waals surface area contributed by atoms with Crippen LogP contribution in [-0.2, 0) is 18.6 Å². The number of anilines is 1. The van der Waals surface area contributed by atoms with E-state index in [9.17, 15) is 19.3 Å². The van der Waals surface area contributed by atoms with Crippen LogP contribution in [0.1, 0.15) is 71.4 Å². The molecule has 54 heavy (non-hydrogen) atoms. The summed E-state index contributed by atoms with van der Waals surface area (Å²) in [5.41, 5.74) is 4.67. The third-order valence-corrected chi connectivity index (χ3v) is 9.65. The highest BCUT2D eigenvalue weighted by atomic mass is 31.2. The third kappa shape index (κ3) is 16.3. The Morgan fingerprint density at radius 2 is 1.54 bits per heavy atom. The summed E-state index contributed by atoms with van der Waals surface area (Å²) in [6.45, 7) is 3.70. The normalized spacial score (nSPS) is 21.0. The van der Waals surface area contributed by atoms with E-state index in [1.807, 2.05) is 12.2 Å². The first kappa shape index (κ1) is 44.0. The smallest absolute Gasteiger partial charge is 0.413 e. The molecule has 0 radical (unpaired) electrons. The maximum Gasteiger partial charge on any atom is 0.459 e. The van der Waals surface area contributed by atoms with Crippen molar-refractivity contribution >= 4 is 19.5 Å². The minimum absolute atomic E-state index is 0.0113. The molecule has 1 aliphatic heterocycles. The van der Waals surface area contributed by atoms with Gasteiger partial charge in [-0.05, 0) is 70.1 Å². The fourth-order valence-electron chi connectivity index (χ4n) is 5.22. The van der Waals surface area contributed by atoms with Gasteiger partial charge in [0.2, 0.25) is 5.91 Å². The van der Waals surface area contributed by atoms with Gasteiger partial charge in [-0.15, -0.1) is 0 Å². The number of para-hydroxylation sites is 1. The minimum Gasteiger partial charge on any atom is -0.413 e. The maximum atomic E-state index is 15.1. The average molecular weight is 768 g/mol. The number of hydrogen-bond donors (Lipinski definition) is 4. The highest BCUT2D eigenvalue weighted by molar-refractivity contribution is 7.52. The van der Waals surface area contributed by atoms with Gasteiger partial charge in [0.05, 0.1) is 6.10 Å². The first-order chi connectivity index (χ1) is 26.1. The molecule has 6 atom stereocenters. The Morgan fingerprint density at radius 1 is 0.963 bits per heavy atom. The van der Waals surface area contributed by atoms with E-state index in [-0.39, 0.29) is 37.0 Å². The number of halogens is 1. The summed E-state index contributed by atoms with van der Waals surface area (Å²) in [6.07, 6.45) is 25.5. The second-order valence-electron chi connectivity index (χ2n) is 12.4. The van der Waals surface area contributed by atoms with Crippen molar-refractivity contribution in [2.24, 2.45) is 0 Å². The SMILES string of the molecule is CC/C=C\C/C=C\C/C=C\C/C=C\C/C=C\C/C=C\CCC(=O)NCCNP(=O)(Oc1ccccc1)O[C@H](C)[C@H]1O[C@@H](n2ccc(N)nc2=O)[C@H](F)[C@@H]1O. The van der Waals surface area contributed by atoms with Crippen molar-refractivity contribution < 1.29 is 32.6 Å². The molecule has 0 aliphatic carbocycles. The van der Waals surface area contributed by atoms with Crippen LogP contribution in [0.5, 0.6) is 5.75 Å². The number of aromatic nitrogens is 2. The lowest BCUT2D eigenvalue weighted by atomic mass is 10.1. The van der Waals surface area contributed by atoms with Gasteiger partial charge in [0.25, 0.3) is 0 Å². The fourth-order valence-corrected chi connectivity index (χ4v) is 6.75. The molecule has 294 valence electrons. The standard InChI is InChI=1S/C40H55FN5O7P/c1-3-4-5-6-7-8-9-10-11-12-13-14-15-16-17-18-19-20-24-27-35(47)43-29-30-44-54(50,53-33-25-22-21-23-26-33)52-32(2)38-37(48)36(41)39(51-38)46-31-28-34(42)45-40(46)49/h4-5,7-8,10-11,13-14,16-17,19-23,25-26,28,31-32,36-39,48H,3,6,9,12,15,18,24,27,29-30H2,1-2H3,(H,43,47)(H,44,50)(H2,42,45,49)/b5-4-,8-7-,11-10-,14-13-,17-16-,20-19-/t32-,36-,37+,38-,39-,54?/m1/s1. The zero-order chi connectivity index (χ0) is 39.0. The molecule has 5 N–H and O–H groups in total. The van der Waals surface area contributed by atoms with E-state index in [0.29, 0.717) is 6.42 Å². The molecule has 1 aromatic carbocycles. The van der Waals surface area contributed by atoms with Crippen LogP contribution >= 0.6 is 7.75 Å². The Hall–Kier alpha value is -4.39. The second-order valence-corrected chi connectivity index (χ2v) is 14.1. The highest BCUT2D eigenvalue weighted by Gasteiger charge is 2.49. The predicted molar refractivity (Wildman–Crippen MR) is 211 cm³/mol. The quantitative estimate of drug-likeness (QED) is 0.0488. The van der Waals surface area contributed by atoms with Gasteiger partial charge in [-0.25, -0.2) is 18.8 Å². The number of nitrogen functional groups attached to an aromatic ring is 1. The number of allylic oxidation sites excluding steroid dienone is 12. The number of nitrogens with one attached hydrogen (secondary N) is 2. The molecule has 0 bridgehead atoms. The number of nitrogens with zero attached hydrogens (tertiary/aromatic N) is 2. The number of benzene rings is 1. The predicted octanol–water partition coefficient (Wildman–Crippen LogP) is 7.20. The van der Waals surface area contributed by atoms with Crippen LogP contribution in [0.15, 0.2) is 120 Å². The van der Waals surface area contributed by atoms with Crippen molar-refractivity contribution in [3.05, 3.63) is 126 Å². The molecule has 14 heteroatoms. The van der Waals surface area contributed by atoms with E-state index in [1.54, 1.807) is 30.3 Å². The molecule has 0 saturated carbocycles. The van der Waals surface area contributed by atoms with E-state index in [2.05, 4.69) is 83.1 Å². The van der Waals surface area contributed by atoms with Crippen LogP contribution in [0.2, 0.25) is 0 Å². The van der Waals surface area contributed by atoms with Crippen molar-refractivity contribution in [2.45, 2.75) is 95.9 Å². The third-order valence-electron chi connectivity index (χ3n) is 7.98. The minimum atomic E-state index is -4.16. The van der Waals surface area contributed by atoms with Gasteiger partial charge < -0.3 is 25.4 Å². The zero-order valence-electron chi connectivity index (χ0n) is 31.1. The van der Waals surface area contributed by atoms with Gasteiger partial charge in [-0.2, -0.15) is 4.98 Å².